The lowest BCUT2D eigenvalue weighted by molar-refractivity contribution is -0.143. The lowest BCUT2D eigenvalue weighted by Gasteiger charge is -2.11. The number of benzene rings is 1. The van der Waals surface area contributed by atoms with E-state index in [9.17, 15) is 9.59 Å². The van der Waals surface area contributed by atoms with Crippen molar-refractivity contribution in [2.75, 3.05) is 13.7 Å². The maximum Gasteiger partial charge on any atom is 0.325 e. The fraction of sp³-hybridized carbons (Fsp3) is 0.118. The van der Waals surface area contributed by atoms with E-state index in [-0.39, 0.29) is 17.4 Å². The molecular weight excluding hydrogens is 399 g/mol. The van der Waals surface area contributed by atoms with Crippen LogP contribution in [0.2, 0.25) is 10.0 Å². The molecular formula is C17H12Cl2N2O4S. The number of nitrogens with one attached hydrogen (secondary N) is 1. The number of hydrogen-bond donors (Lipinski definition) is 1. The summed E-state index contributed by atoms with van der Waals surface area (Å²) in [5.41, 5.74) is 0.872. The highest BCUT2D eigenvalue weighted by Gasteiger charge is 2.32. The highest BCUT2D eigenvalue weighted by Crippen LogP contribution is 2.32. The second-order valence-corrected chi connectivity index (χ2v) is 6.51. The fourth-order valence-corrected chi connectivity index (χ4v) is 3.07. The number of rotatable bonds is 4. The van der Waals surface area contributed by atoms with Gasteiger partial charge in [0.15, 0.2) is 5.11 Å². The number of methoxy groups -OCH3 is 1. The Bertz CT molecular complexity index is 939. The number of furan rings is 1. The van der Waals surface area contributed by atoms with Crippen molar-refractivity contribution in [3.05, 3.63) is 51.8 Å². The van der Waals surface area contributed by atoms with Crippen LogP contribution in [-0.4, -0.2) is 35.5 Å². The Hall–Kier alpha value is -2.35. The van der Waals surface area contributed by atoms with E-state index >= 15 is 0 Å². The topological polar surface area (TPSA) is 71.8 Å². The molecule has 1 saturated heterocycles. The average molecular weight is 411 g/mol. The summed E-state index contributed by atoms with van der Waals surface area (Å²) in [6.45, 7) is -0.262. The minimum atomic E-state index is -0.568. The van der Waals surface area contributed by atoms with Crippen LogP contribution in [0.5, 0.6) is 0 Å². The largest absolute Gasteiger partial charge is 0.468 e. The number of nitrogens with zero attached hydrogens (tertiary/aromatic N) is 1. The molecule has 0 atom stereocenters. The lowest BCUT2D eigenvalue weighted by Crippen LogP contribution is -2.35. The van der Waals surface area contributed by atoms with Gasteiger partial charge in [-0.2, -0.15) is 0 Å². The quantitative estimate of drug-likeness (QED) is 0.472. The second-order valence-electron chi connectivity index (χ2n) is 5.28. The van der Waals surface area contributed by atoms with Gasteiger partial charge in [0.1, 0.15) is 23.8 Å². The fourth-order valence-electron chi connectivity index (χ4n) is 2.32. The minimum Gasteiger partial charge on any atom is -0.468 e. The molecule has 0 spiro atoms. The van der Waals surface area contributed by atoms with Crippen molar-refractivity contribution in [2.24, 2.45) is 0 Å². The van der Waals surface area contributed by atoms with Gasteiger partial charge < -0.3 is 14.5 Å². The van der Waals surface area contributed by atoms with Crippen molar-refractivity contribution in [1.82, 2.24) is 10.2 Å². The van der Waals surface area contributed by atoms with E-state index in [0.717, 1.165) is 4.90 Å². The first-order chi connectivity index (χ1) is 12.4. The summed E-state index contributed by atoms with van der Waals surface area (Å²) >= 11 is 17.1. The third-order valence-corrected chi connectivity index (χ3v) is 4.46. The molecule has 6 nitrogen and oxygen atoms in total. The van der Waals surface area contributed by atoms with Gasteiger partial charge in [0.05, 0.1) is 12.1 Å². The summed E-state index contributed by atoms with van der Waals surface area (Å²) < 4.78 is 10.3. The lowest BCUT2D eigenvalue weighted by atomic mass is 10.2. The molecule has 0 unspecified atom stereocenters. The van der Waals surface area contributed by atoms with Gasteiger partial charge in [-0.25, -0.2) is 0 Å². The van der Waals surface area contributed by atoms with Gasteiger partial charge >= 0.3 is 5.97 Å². The van der Waals surface area contributed by atoms with E-state index in [1.165, 1.54) is 13.2 Å². The SMILES string of the molecule is COC(=O)CN1C(=O)/C(=C/c2ccc(-c3ccc(Cl)cc3Cl)o2)NC1=S. The molecule has 0 aliphatic carbocycles. The third-order valence-electron chi connectivity index (χ3n) is 3.59. The molecule has 1 aromatic heterocycles. The molecule has 1 aliphatic heterocycles. The first kappa shape index (κ1) is 18.4. The van der Waals surface area contributed by atoms with Gasteiger partial charge in [0, 0.05) is 16.7 Å². The van der Waals surface area contributed by atoms with Crippen molar-refractivity contribution >= 4 is 58.5 Å². The van der Waals surface area contributed by atoms with E-state index in [0.29, 0.717) is 27.1 Å². The van der Waals surface area contributed by atoms with Crippen molar-refractivity contribution in [3.63, 3.8) is 0 Å². The van der Waals surface area contributed by atoms with Gasteiger partial charge in [-0.05, 0) is 42.5 Å². The van der Waals surface area contributed by atoms with Crippen LogP contribution in [0.15, 0.2) is 40.4 Å². The van der Waals surface area contributed by atoms with Crippen molar-refractivity contribution in [2.45, 2.75) is 0 Å². The molecule has 1 amide bonds. The third kappa shape index (κ3) is 3.75. The molecule has 0 radical (unpaired) electrons. The molecule has 1 aliphatic rings. The van der Waals surface area contributed by atoms with Gasteiger partial charge in [-0.3, -0.25) is 14.5 Å². The highest BCUT2D eigenvalue weighted by molar-refractivity contribution is 7.80. The van der Waals surface area contributed by atoms with Crippen LogP contribution < -0.4 is 5.32 Å². The molecule has 1 fully saturated rings. The Morgan fingerprint density at radius 1 is 1.35 bits per heavy atom. The number of carbonyl (C=O) groups excluding carboxylic acids is 2. The number of halogens is 2. The number of amides is 1. The summed E-state index contributed by atoms with van der Waals surface area (Å²) in [7, 11) is 1.24. The molecule has 3 rings (SSSR count). The first-order valence-corrected chi connectivity index (χ1v) is 8.52. The van der Waals surface area contributed by atoms with Crippen molar-refractivity contribution in [1.29, 1.82) is 0 Å². The van der Waals surface area contributed by atoms with Gasteiger partial charge in [0.2, 0.25) is 0 Å². The first-order valence-electron chi connectivity index (χ1n) is 7.35. The van der Waals surface area contributed by atoms with E-state index in [4.69, 9.17) is 39.8 Å². The Kier molecular flexibility index (Phi) is 5.31. The van der Waals surface area contributed by atoms with Gasteiger partial charge in [0.25, 0.3) is 5.91 Å². The normalized spacial score (nSPS) is 15.5. The number of esters is 1. The summed E-state index contributed by atoms with van der Waals surface area (Å²) in [5.74, 6) is -0.0631. The molecule has 9 heteroatoms. The summed E-state index contributed by atoms with van der Waals surface area (Å²) in [5, 5.41) is 3.85. The number of carbonyl (C=O) groups is 2. The van der Waals surface area contributed by atoms with Crippen LogP contribution in [0.3, 0.4) is 0 Å². The average Bonchev–Trinajstić information content (AvgIpc) is 3.15. The molecule has 0 saturated carbocycles. The van der Waals surface area contributed by atoms with E-state index in [1.807, 2.05) is 0 Å². The van der Waals surface area contributed by atoms with Gasteiger partial charge in [-0.15, -0.1) is 0 Å². The van der Waals surface area contributed by atoms with Crippen LogP contribution in [0.1, 0.15) is 5.76 Å². The van der Waals surface area contributed by atoms with E-state index in [2.05, 4.69) is 10.1 Å². The highest BCUT2D eigenvalue weighted by atomic mass is 35.5. The molecule has 1 N–H and O–H groups in total. The Balaban J connectivity index is 1.83. The van der Waals surface area contributed by atoms with Crippen LogP contribution in [0, 0.1) is 0 Å². The van der Waals surface area contributed by atoms with Crippen molar-refractivity contribution < 1.29 is 18.7 Å². The maximum atomic E-state index is 12.4. The van der Waals surface area contributed by atoms with Crippen LogP contribution in [0.4, 0.5) is 0 Å². The maximum absolute atomic E-state index is 12.4. The molecule has 134 valence electrons. The zero-order valence-electron chi connectivity index (χ0n) is 13.4. The standard InChI is InChI=1S/C17H12Cl2N2O4S/c1-24-15(22)8-21-16(23)13(20-17(21)26)7-10-3-5-14(25-10)11-4-2-9(18)6-12(11)19/h2-7H,8H2,1H3,(H,20,26)/b13-7-. The molecule has 2 heterocycles. The summed E-state index contributed by atoms with van der Waals surface area (Å²) in [6.07, 6.45) is 1.50. The van der Waals surface area contributed by atoms with E-state index in [1.54, 1.807) is 30.3 Å². The number of ether oxygens (including phenoxy) is 1. The Morgan fingerprint density at radius 3 is 2.81 bits per heavy atom. The molecule has 26 heavy (non-hydrogen) atoms. The summed E-state index contributed by atoms with van der Waals surface area (Å²) in [4.78, 5) is 24.9. The molecule has 0 bridgehead atoms. The predicted molar refractivity (Wildman–Crippen MR) is 102 cm³/mol. The van der Waals surface area contributed by atoms with Crippen LogP contribution in [-0.2, 0) is 14.3 Å². The molecule has 2 aromatic rings. The zero-order valence-corrected chi connectivity index (χ0v) is 15.7. The van der Waals surface area contributed by atoms with Crippen LogP contribution >= 0.6 is 35.4 Å². The monoisotopic (exact) mass is 410 g/mol. The molecule has 1 aromatic carbocycles. The van der Waals surface area contributed by atoms with E-state index < -0.39 is 11.9 Å². The smallest absolute Gasteiger partial charge is 0.325 e. The number of thiocarbonyl (C=S) groups is 1. The Morgan fingerprint density at radius 2 is 2.12 bits per heavy atom. The van der Waals surface area contributed by atoms with Crippen LogP contribution in [0.25, 0.3) is 17.4 Å². The zero-order chi connectivity index (χ0) is 18.8. The summed E-state index contributed by atoms with van der Waals surface area (Å²) in [6, 6.07) is 8.48. The van der Waals surface area contributed by atoms with Crippen molar-refractivity contribution in [3.8, 4) is 11.3 Å². The minimum absolute atomic E-state index is 0.124. The van der Waals surface area contributed by atoms with Gasteiger partial charge in [-0.1, -0.05) is 23.2 Å². The number of hydrogen-bond acceptors (Lipinski definition) is 5. The predicted octanol–water partition coefficient (Wildman–Crippen LogP) is 3.48. The Labute approximate surface area is 164 Å². The second kappa shape index (κ2) is 7.49.